The summed E-state index contributed by atoms with van der Waals surface area (Å²) in [7, 11) is 0. The summed E-state index contributed by atoms with van der Waals surface area (Å²) in [5.41, 5.74) is 18.0. The standard InChI is InChI=1S/C60H42N2/c1-7-25-45-39(17-1)23-13-27-47(45)57-49-29-15-36-56(62-53-33-11-5-21-43(53)38-44-22-6-12-34-54(44)62)60(49)58(48-28-14-24-40-18-2-8-26-46(40)48)50-30-16-35-55(59(50)57)61-51-31-9-3-19-41(51)37-42-20-4-10-32-52(42)61/h1-13,15-27,29-36H,14,28,37-38H2. The molecule has 0 radical (unpaired) electrons. The number of para-hydroxylation sites is 4. The molecule has 3 aliphatic rings. The third-order valence-corrected chi connectivity index (χ3v) is 13.7. The van der Waals surface area contributed by atoms with E-state index in [0.717, 1.165) is 25.7 Å². The highest BCUT2D eigenvalue weighted by molar-refractivity contribution is 6.27. The van der Waals surface area contributed by atoms with Crippen molar-refractivity contribution in [2.45, 2.75) is 25.7 Å². The molecule has 1 aliphatic carbocycles. The number of hydrogen-bond acceptors (Lipinski definition) is 2. The molecule has 10 aromatic rings. The van der Waals surface area contributed by atoms with Gasteiger partial charge in [-0.25, -0.2) is 0 Å². The van der Waals surface area contributed by atoms with Gasteiger partial charge in [-0.2, -0.15) is 0 Å². The van der Waals surface area contributed by atoms with Crippen LogP contribution in [0.1, 0.15) is 40.7 Å². The van der Waals surface area contributed by atoms with Gasteiger partial charge in [0.25, 0.3) is 0 Å². The first-order valence-electron chi connectivity index (χ1n) is 22.0. The molecule has 0 amide bonds. The second kappa shape index (κ2) is 13.9. The van der Waals surface area contributed by atoms with Crippen molar-refractivity contribution in [2.24, 2.45) is 0 Å². The minimum Gasteiger partial charge on any atom is -0.309 e. The maximum absolute atomic E-state index is 2.57. The van der Waals surface area contributed by atoms with Crippen LogP contribution in [-0.4, -0.2) is 0 Å². The van der Waals surface area contributed by atoms with Crippen LogP contribution in [-0.2, 0) is 12.8 Å². The summed E-state index contributed by atoms with van der Waals surface area (Å²) < 4.78 is 0. The zero-order chi connectivity index (χ0) is 40.7. The van der Waals surface area contributed by atoms with Gasteiger partial charge in [-0.15, -0.1) is 0 Å². The number of fused-ring (bicyclic) bond motifs is 8. The lowest BCUT2D eigenvalue weighted by Crippen LogP contribution is -2.29. The largest absolute Gasteiger partial charge is 0.309 e. The van der Waals surface area contributed by atoms with E-state index in [-0.39, 0.29) is 0 Å². The van der Waals surface area contributed by atoms with Crippen molar-refractivity contribution >= 4 is 78.1 Å². The molecular formula is C60H42N2. The van der Waals surface area contributed by atoms with Crippen molar-refractivity contribution in [3.63, 3.8) is 0 Å². The predicted molar refractivity (Wildman–Crippen MR) is 261 cm³/mol. The maximum Gasteiger partial charge on any atom is 0.0546 e. The van der Waals surface area contributed by atoms with Crippen LogP contribution in [0.15, 0.2) is 200 Å². The third-order valence-electron chi connectivity index (χ3n) is 13.7. The van der Waals surface area contributed by atoms with Crippen molar-refractivity contribution < 1.29 is 0 Å². The van der Waals surface area contributed by atoms with E-state index in [1.165, 1.54) is 121 Å². The van der Waals surface area contributed by atoms with Gasteiger partial charge in [-0.3, -0.25) is 0 Å². The van der Waals surface area contributed by atoms with E-state index in [2.05, 4.69) is 216 Å². The number of anilines is 6. The van der Waals surface area contributed by atoms with Gasteiger partial charge in [-0.05, 0) is 120 Å². The van der Waals surface area contributed by atoms with Crippen LogP contribution in [0.2, 0.25) is 0 Å². The second-order valence-electron chi connectivity index (χ2n) is 17.0. The molecule has 0 aromatic heterocycles. The lowest BCUT2D eigenvalue weighted by Gasteiger charge is -2.36. The SMILES string of the molecule is C1=c2ccccc2=C(c2c3cccc(N4c5ccccc5Cc5ccccc54)c3c(-c3cccc4ccccc34)c3cccc(N4c5ccccc5Cc5ccccc54)c23)CC1. The van der Waals surface area contributed by atoms with Crippen LogP contribution in [0.5, 0.6) is 0 Å². The highest BCUT2D eigenvalue weighted by atomic mass is 15.2. The van der Waals surface area contributed by atoms with Crippen molar-refractivity contribution in [2.75, 3.05) is 9.80 Å². The quantitative estimate of drug-likeness (QED) is 0.164. The zero-order valence-electron chi connectivity index (χ0n) is 34.4. The molecule has 2 heterocycles. The van der Waals surface area contributed by atoms with Gasteiger partial charge >= 0.3 is 0 Å². The lowest BCUT2D eigenvalue weighted by atomic mass is 9.80. The fourth-order valence-electron chi connectivity index (χ4n) is 11.1. The van der Waals surface area contributed by atoms with E-state index < -0.39 is 0 Å². The van der Waals surface area contributed by atoms with Gasteiger partial charge in [0, 0.05) is 51.9 Å². The molecule has 2 aliphatic heterocycles. The van der Waals surface area contributed by atoms with Gasteiger partial charge < -0.3 is 9.80 Å². The summed E-state index contributed by atoms with van der Waals surface area (Å²) in [6.45, 7) is 0. The van der Waals surface area contributed by atoms with Crippen LogP contribution >= 0.6 is 0 Å². The van der Waals surface area contributed by atoms with E-state index in [9.17, 15) is 0 Å². The minimum atomic E-state index is 0.908. The van der Waals surface area contributed by atoms with Crippen LogP contribution in [0.4, 0.5) is 34.1 Å². The fraction of sp³-hybridized carbons (Fsp3) is 0.0667. The van der Waals surface area contributed by atoms with Crippen molar-refractivity contribution in [1.82, 2.24) is 0 Å². The van der Waals surface area contributed by atoms with E-state index in [0.29, 0.717) is 0 Å². The van der Waals surface area contributed by atoms with Crippen LogP contribution < -0.4 is 20.2 Å². The third kappa shape index (κ3) is 5.23. The predicted octanol–water partition coefficient (Wildman–Crippen LogP) is 14.3. The van der Waals surface area contributed by atoms with E-state index in [1.54, 1.807) is 0 Å². The molecule has 0 saturated carbocycles. The fourth-order valence-corrected chi connectivity index (χ4v) is 11.1. The highest BCUT2D eigenvalue weighted by Crippen LogP contribution is 2.55. The summed E-state index contributed by atoms with van der Waals surface area (Å²) in [6.07, 6.45) is 6.19. The Morgan fingerprint density at radius 1 is 0.339 bits per heavy atom. The van der Waals surface area contributed by atoms with Crippen LogP contribution in [0.3, 0.4) is 0 Å². The first kappa shape index (κ1) is 35.1. The molecule has 0 fully saturated rings. The minimum absolute atomic E-state index is 0.908. The maximum atomic E-state index is 2.57. The zero-order valence-corrected chi connectivity index (χ0v) is 34.4. The molecule has 62 heavy (non-hydrogen) atoms. The first-order valence-corrected chi connectivity index (χ1v) is 22.0. The smallest absolute Gasteiger partial charge is 0.0546 e. The van der Waals surface area contributed by atoms with E-state index in [1.807, 2.05) is 0 Å². The highest BCUT2D eigenvalue weighted by Gasteiger charge is 2.32. The van der Waals surface area contributed by atoms with Crippen molar-refractivity contribution in [3.8, 4) is 11.1 Å². The number of nitrogens with zero attached hydrogens (tertiary/aromatic N) is 2. The Morgan fingerprint density at radius 3 is 1.39 bits per heavy atom. The normalized spacial score (nSPS) is 13.9. The first-order chi connectivity index (χ1) is 30.8. The number of rotatable bonds is 4. The molecule has 2 heteroatoms. The Balaban J connectivity index is 1.27. The molecular weight excluding hydrogens is 749 g/mol. The van der Waals surface area contributed by atoms with E-state index >= 15 is 0 Å². The summed E-state index contributed by atoms with van der Waals surface area (Å²) in [5, 5.41) is 10.2. The Kier molecular flexibility index (Phi) is 7.90. The van der Waals surface area contributed by atoms with Gasteiger partial charge in [0.05, 0.1) is 11.4 Å². The monoisotopic (exact) mass is 790 g/mol. The molecule has 292 valence electrons. The summed E-state index contributed by atoms with van der Waals surface area (Å²) >= 11 is 0. The lowest BCUT2D eigenvalue weighted by molar-refractivity contribution is 1.08. The van der Waals surface area contributed by atoms with Gasteiger partial charge in [0.15, 0.2) is 0 Å². The molecule has 0 bridgehead atoms. The number of hydrogen-bond donors (Lipinski definition) is 0. The molecule has 0 spiro atoms. The van der Waals surface area contributed by atoms with Crippen molar-refractivity contribution in [1.29, 1.82) is 0 Å². The summed E-state index contributed by atoms with van der Waals surface area (Å²) in [6, 6.07) is 75.1. The Morgan fingerprint density at radius 2 is 0.774 bits per heavy atom. The average Bonchev–Trinajstić information content (AvgIpc) is 3.33. The summed E-state index contributed by atoms with van der Waals surface area (Å²) in [4.78, 5) is 5.14. The Labute approximate surface area is 361 Å². The molecule has 0 unspecified atom stereocenters. The Bertz CT molecular complexity index is 3520. The van der Waals surface area contributed by atoms with E-state index in [4.69, 9.17) is 0 Å². The number of benzene rings is 10. The molecule has 0 saturated heterocycles. The summed E-state index contributed by atoms with van der Waals surface area (Å²) in [5.74, 6) is 0. The molecule has 13 rings (SSSR count). The molecule has 0 atom stereocenters. The second-order valence-corrected chi connectivity index (χ2v) is 17.0. The van der Waals surface area contributed by atoms with Crippen LogP contribution in [0.25, 0.3) is 55.1 Å². The topological polar surface area (TPSA) is 6.48 Å². The van der Waals surface area contributed by atoms with Gasteiger partial charge in [0.2, 0.25) is 0 Å². The molecule has 10 aromatic carbocycles. The van der Waals surface area contributed by atoms with Gasteiger partial charge in [-0.1, -0.05) is 170 Å². The van der Waals surface area contributed by atoms with Crippen molar-refractivity contribution in [3.05, 3.63) is 238 Å². The molecule has 0 N–H and O–H groups in total. The van der Waals surface area contributed by atoms with Crippen LogP contribution in [0, 0.1) is 0 Å². The Hall–Kier alpha value is -7.68. The van der Waals surface area contributed by atoms with Gasteiger partial charge in [0.1, 0.15) is 0 Å². The average molecular weight is 791 g/mol. The molecule has 2 nitrogen and oxygen atoms in total.